The smallest absolute Gasteiger partial charge is 0.341 e. The zero-order chi connectivity index (χ0) is 22.6. The number of hydrogen-bond donors (Lipinski definition) is 1. The summed E-state index contributed by atoms with van der Waals surface area (Å²) < 4.78 is 42.9. The van der Waals surface area contributed by atoms with E-state index in [1.807, 2.05) is 7.05 Å². The van der Waals surface area contributed by atoms with Crippen molar-refractivity contribution in [3.8, 4) is 0 Å². The first-order chi connectivity index (χ1) is 14.7. The van der Waals surface area contributed by atoms with Crippen LogP contribution in [0.4, 0.5) is 9.39 Å². The van der Waals surface area contributed by atoms with E-state index in [4.69, 9.17) is 4.74 Å². The molecule has 1 aliphatic rings. The number of carbonyl (C=O) groups is 2. The number of fused-ring (bicyclic) bond motifs is 1. The molecular weight excluding hydrogens is 443 g/mol. The van der Waals surface area contributed by atoms with Gasteiger partial charge in [0.1, 0.15) is 10.8 Å². The number of halogens is 1. The second kappa shape index (κ2) is 9.88. The van der Waals surface area contributed by atoms with Crippen molar-refractivity contribution in [1.29, 1.82) is 0 Å². The van der Waals surface area contributed by atoms with Crippen molar-refractivity contribution in [1.82, 2.24) is 4.90 Å². The van der Waals surface area contributed by atoms with Gasteiger partial charge in [-0.2, -0.15) is 0 Å². The number of nitrogens with zero attached hydrogens (tertiary/aromatic N) is 1. The summed E-state index contributed by atoms with van der Waals surface area (Å²) in [4.78, 5) is 28.2. The van der Waals surface area contributed by atoms with E-state index in [0.717, 1.165) is 29.1 Å². The summed E-state index contributed by atoms with van der Waals surface area (Å²) in [6, 6.07) is 4.60. The Kier molecular flexibility index (Phi) is 7.45. The molecule has 1 aromatic carbocycles. The van der Waals surface area contributed by atoms with Crippen LogP contribution in [0.5, 0.6) is 0 Å². The van der Waals surface area contributed by atoms with E-state index in [-0.39, 0.29) is 36.0 Å². The van der Waals surface area contributed by atoms with Gasteiger partial charge in [0.05, 0.1) is 22.8 Å². The summed E-state index contributed by atoms with van der Waals surface area (Å²) in [5.41, 5.74) is 1.32. The summed E-state index contributed by atoms with van der Waals surface area (Å²) in [5.74, 6) is -1.58. The number of carbonyl (C=O) groups excluding carboxylic acids is 2. The highest BCUT2D eigenvalue weighted by molar-refractivity contribution is 7.91. The van der Waals surface area contributed by atoms with Crippen LogP contribution in [0.25, 0.3) is 0 Å². The molecule has 1 amide bonds. The van der Waals surface area contributed by atoms with E-state index in [1.165, 1.54) is 23.5 Å². The Hall–Kier alpha value is -2.30. The Bertz CT molecular complexity index is 1060. The molecule has 1 N–H and O–H groups in total. The zero-order valence-electron chi connectivity index (χ0n) is 17.4. The topological polar surface area (TPSA) is 92.8 Å². The van der Waals surface area contributed by atoms with Gasteiger partial charge in [-0.05, 0) is 56.6 Å². The fourth-order valence-corrected chi connectivity index (χ4v) is 6.05. The van der Waals surface area contributed by atoms with Gasteiger partial charge in [0.25, 0.3) is 0 Å². The highest BCUT2D eigenvalue weighted by atomic mass is 32.2. The van der Waals surface area contributed by atoms with E-state index >= 15 is 0 Å². The molecule has 10 heteroatoms. The fraction of sp³-hybridized carbons (Fsp3) is 0.429. The molecule has 31 heavy (non-hydrogen) atoms. The molecule has 0 unspecified atom stereocenters. The number of likely N-dealkylation sites (N-methyl/N-ethyl adjacent to an activating group) is 1. The maximum atomic E-state index is 13.0. The van der Waals surface area contributed by atoms with E-state index in [0.29, 0.717) is 23.5 Å². The summed E-state index contributed by atoms with van der Waals surface area (Å²) in [6.45, 7) is 3.46. The van der Waals surface area contributed by atoms with Crippen LogP contribution in [0.1, 0.15) is 40.6 Å². The average Bonchev–Trinajstić information content (AvgIpc) is 3.05. The number of thiophene rings is 1. The highest BCUT2D eigenvalue weighted by Gasteiger charge is 2.28. The van der Waals surface area contributed by atoms with Crippen LogP contribution in [0.2, 0.25) is 0 Å². The number of anilines is 1. The minimum atomic E-state index is -3.61. The molecule has 0 fully saturated rings. The Labute approximate surface area is 185 Å². The minimum absolute atomic E-state index is 0.0222. The van der Waals surface area contributed by atoms with E-state index in [9.17, 15) is 22.4 Å². The van der Waals surface area contributed by atoms with Gasteiger partial charge in [0, 0.05) is 24.4 Å². The average molecular weight is 469 g/mol. The number of sulfone groups is 1. The Morgan fingerprint density at radius 2 is 1.97 bits per heavy atom. The summed E-state index contributed by atoms with van der Waals surface area (Å²) in [6.07, 6.45) is 0.779. The quantitative estimate of drug-likeness (QED) is 0.472. The van der Waals surface area contributed by atoms with Gasteiger partial charge in [0.2, 0.25) is 5.91 Å². The third-order valence-electron chi connectivity index (χ3n) is 4.97. The molecule has 0 spiro atoms. The lowest BCUT2D eigenvalue weighted by Gasteiger charge is -2.22. The fourth-order valence-electron chi connectivity index (χ4n) is 3.41. The van der Waals surface area contributed by atoms with Crippen LogP contribution in [0.15, 0.2) is 29.2 Å². The van der Waals surface area contributed by atoms with Gasteiger partial charge in [0.15, 0.2) is 9.84 Å². The van der Waals surface area contributed by atoms with Crippen LogP contribution in [-0.2, 0) is 32.3 Å². The first kappa shape index (κ1) is 23.4. The predicted octanol–water partition coefficient (Wildman–Crippen LogP) is 3.24. The number of rotatable bonds is 8. The molecule has 168 valence electrons. The second-order valence-corrected chi connectivity index (χ2v) is 10.6. The highest BCUT2D eigenvalue weighted by Crippen LogP contribution is 2.37. The van der Waals surface area contributed by atoms with E-state index in [1.54, 1.807) is 6.92 Å². The van der Waals surface area contributed by atoms with E-state index in [2.05, 4.69) is 10.2 Å². The standard InChI is InChI=1S/C21H25FN2O5S2/c1-3-29-21(26)19-16-10-11-24(2)13-17(16)30-20(19)23-18(25)5-4-12-31(27,28)15-8-6-14(22)7-9-15/h6-9H,3-5,10-13H2,1-2H3,(H,23,25). The molecule has 0 bridgehead atoms. The summed E-state index contributed by atoms with van der Waals surface area (Å²) in [5, 5.41) is 3.22. The van der Waals surface area contributed by atoms with Gasteiger partial charge in [-0.15, -0.1) is 11.3 Å². The Morgan fingerprint density at radius 1 is 1.26 bits per heavy atom. The Balaban J connectivity index is 1.66. The van der Waals surface area contributed by atoms with Gasteiger partial charge in [-0.3, -0.25) is 4.79 Å². The van der Waals surface area contributed by atoms with Crippen molar-refractivity contribution in [3.63, 3.8) is 0 Å². The van der Waals surface area contributed by atoms with Crippen molar-refractivity contribution < 1.29 is 27.1 Å². The molecular formula is C21H25FN2O5S2. The van der Waals surface area contributed by atoms with Crippen molar-refractivity contribution in [2.75, 3.05) is 31.3 Å². The summed E-state index contributed by atoms with van der Waals surface area (Å²) in [7, 11) is -1.61. The van der Waals surface area contributed by atoms with Crippen molar-refractivity contribution in [2.24, 2.45) is 0 Å². The molecule has 0 aliphatic carbocycles. The Morgan fingerprint density at radius 3 is 2.65 bits per heavy atom. The number of esters is 1. The lowest BCUT2D eigenvalue weighted by atomic mass is 10.0. The van der Waals surface area contributed by atoms with Crippen molar-refractivity contribution in [2.45, 2.75) is 37.6 Å². The van der Waals surface area contributed by atoms with E-state index < -0.39 is 21.6 Å². The molecule has 7 nitrogen and oxygen atoms in total. The lowest BCUT2D eigenvalue weighted by Crippen LogP contribution is -2.26. The van der Waals surface area contributed by atoms with Gasteiger partial charge in [-0.25, -0.2) is 17.6 Å². The lowest BCUT2D eigenvalue weighted by molar-refractivity contribution is -0.116. The number of amides is 1. The zero-order valence-corrected chi connectivity index (χ0v) is 19.1. The first-order valence-electron chi connectivity index (χ1n) is 9.99. The van der Waals surface area contributed by atoms with Crippen LogP contribution in [0.3, 0.4) is 0 Å². The van der Waals surface area contributed by atoms with Gasteiger partial charge >= 0.3 is 5.97 Å². The van der Waals surface area contributed by atoms with Gasteiger partial charge < -0.3 is 15.0 Å². The second-order valence-electron chi connectivity index (χ2n) is 7.34. The number of hydrogen-bond acceptors (Lipinski definition) is 7. The summed E-state index contributed by atoms with van der Waals surface area (Å²) >= 11 is 1.36. The molecule has 2 aromatic rings. The normalized spacial score (nSPS) is 14.2. The molecule has 0 atom stereocenters. The maximum Gasteiger partial charge on any atom is 0.341 e. The van der Waals surface area contributed by atoms with Crippen LogP contribution >= 0.6 is 11.3 Å². The molecule has 1 aliphatic heterocycles. The third-order valence-corrected chi connectivity index (χ3v) is 7.92. The molecule has 0 saturated carbocycles. The van der Waals surface area contributed by atoms with Crippen LogP contribution < -0.4 is 5.32 Å². The molecule has 3 rings (SSSR count). The third kappa shape index (κ3) is 5.69. The SMILES string of the molecule is CCOC(=O)c1c(NC(=O)CCCS(=O)(=O)c2ccc(F)cc2)sc2c1CCN(C)C2. The predicted molar refractivity (Wildman–Crippen MR) is 117 cm³/mol. The van der Waals surface area contributed by atoms with Crippen molar-refractivity contribution >= 4 is 38.1 Å². The minimum Gasteiger partial charge on any atom is -0.462 e. The molecule has 0 radical (unpaired) electrons. The molecule has 0 saturated heterocycles. The maximum absolute atomic E-state index is 13.0. The molecule has 2 heterocycles. The molecule has 1 aromatic heterocycles. The monoisotopic (exact) mass is 468 g/mol. The number of nitrogens with one attached hydrogen (secondary N) is 1. The van der Waals surface area contributed by atoms with Crippen molar-refractivity contribution in [3.05, 3.63) is 46.1 Å². The van der Waals surface area contributed by atoms with Crippen LogP contribution in [-0.4, -0.2) is 51.1 Å². The van der Waals surface area contributed by atoms with Gasteiger partial charge in [-0.1, -0.05) is 0 Å². The number of ether oxygens (including phenoxy) is 1. The number of benzene rings is 1. The van der Waals surface area contributed by atoms with Crippen LogP contribution in [0, 0.1) is 5.82 Å². The first-order valence-corrected chi connectivity index (χ1v) is 12.5. The largest absolute Gasteiger partial charge is 0.462 e.